The fraction of sp³-hybridized carbons (Fsp3) is 0.682. The Labute approximate surface area is 199 Å². The van der Waals surface area contributed by atoms with Crippen LogP contribution in [-0.2, 0) is 22.8 Å². The molecule has 2 heterocycles. The van der Waals surface area contributed by atoms with E-state index < -0.39 is 14.6 Å². The molecular weight excluding hydrogens is 511 g/mol. The minimum Gasteiger partial charge on any atom is -0.355 e. The Bertz CT molecular complexity index is 854. The molecule has 1 unspecified atom stereocenters. The molecule has 1 aromatic carbocycles. The van der Waals surface area contributed by atoms with Crippen molar-refractivity contribution < 1.29 is 8.42 Å². The highest BCUT2D eigenvalue weighted by atomic mass is 127. The molecule has 0 spiro atoms. The number of rotatable bonds is 4. The smallest absolute Gasteiger partial charge is 0.193 e. The van der Waals surface area contributed by atoms with Gasteiger partial charge in [-0.3, -0.25) is 9.89 Å². The molecule has 30 heavy (non-hydrogen) atoms. The summed E-state index contributed by atoms with van der Waals surface area (Å²) in [6.45, 7) is 12.0. The predicted molar refractivity (Wildman–Crippen MR) is 135 cm³/mol. The van der Waals surface area contributed by atoms with Crippen molar-refractivity contribution in [2.24, 2.45) is 10.9 Å². The first-order valence-corrected chi connectivity index (χ1v) is 12.3. The predicted octanol–water partition coefficient (Wildman–Crippen LogP) is 2.77. The van der Waals surface area contributed by atoms with Crippen LogP contribution in [0.15, 0.2) is 29.3 Å². The molecule has 8 heteroatoms. The number of guanidine groups is 1. The van der Waals surface area contributed by atoms with Crippen molar-refractivity contribution >= 4 is 39.8 Å². The van der Waals surface area contributed by atoms with E-state index in [-0.39, 0.29) is 29.7 Å². The van der Waals surface area contributed by atoms with Gasteiger partial charge in [-0.1, -0.05) is 38.1 Å². The second-order valence-electron chi connectivity index (χ2n) is 9.23. The molecule has 2 aliphatic rings. The van der Waals surface area contributed by atoms with Crippen molar-refractivity contribution in [3.05, 3.63) is 35.4 Å². The standard InChI is InChI=1S/C22H36N4O2S.HI/c1-17(2)20(25-11-10-18-8-6-7-9-19(18)15-25)14-24-21(23-5)26-12-13-29(27,28)22(3,4)16-26;/h6-9,17,20H,10-16H2,1-5H3,(H,23,24);1H. The fourth-order valence-electron chi connectivity index (χ4n) is 4.44. The van der Waals surface area contributed by atoms with Gasteiger partial charge in [0.25, 0.3) is 0 Å². The highest BCUT2D eigenvalue weighted by Crippen LogP contribution is 2.25. The number of fused-ring (bicyclic) bond motifs is 1. The number of aliphatic imine (C=N–C) groups is 1. The Kier molecular flexibility index (Phi) is 8.60. The quantitative estimate of drug-likeness (QED) is 0.356. The third-order valence-corrected chi connectivity index (χ3v) is 8.96. The molecule has 1 fully saturated rings. The van der Waals surface area contributed by atoms with Gasteiger partial charge in [0.2, 0.25) is 0 Å². The molecule has 0 amide bonds. The van der Waals surface area contributed by atoms with Crippen LogP contribution in [0.4, 0.5) is 0 Å². The summed E-state index contributed by atoms with van der Waals surface area (Å²) >= 11 is 0. The Morgan fingerprint density at radius 1 is 1.20 bits per heavy atom. The minimum atomic E-state index is -3.06. The van der Waals surface area contributed by atoms with Crippen LogP contribution in [-0.4, -0.2) is 73.9 Å². The topological polar surface area (TPSA) is 65.0 Å². The number of nitrogens with zero attached hydrogens (tertiary/aromatic N) is 3. The third-order valence-electron chi connectivity index (χ3n) is 6.42. The van der Waals surface area contributed by atoms with E-state index in [0.29, 0.717) is 25.0 Å². The highest BCUT2D eigenvalue weighted by Gasteiger charge is 2.41. The molecule has 170 valence electrons. The van der Waals surface area contributed by atoms with Crippen molar-refractivity contribution in [1.82, 2.24) is 15.1 Å². The summed E-state index contributed by atoms with van der Waals surface area (Å²) in [6, 6.07) is 9.12. The van der Waals surface area contributed by atoms with Gasteiger partial charge in [-0.2, -0.15) is 0 Å². The van der Waals surface area contributed by atoms with Gasteiger partial charge < -0.3 is 10.2 Å². The molecule has 6 nitrogen and oxygen atoms in total. The summed E-state index contributed by atoms with van der Waals surface area (Å²) in [5, 5.41) is 3.55. The molecular formula is C22H37IN4O2S. The average molecular weight is 549 g/mol. The number of benzene rings is 1. The van der Waals surface area contributed by atoms with Crippen molar-refractivity contribution in [2.45, 2.75) is 51.4 Å². The maximum Gasteiger partial charge on any atom is 0.193 e. The lowest BCUT2D eigenvalue weighted by Gasteiger charge is -2.41. The number of sulfone groups is 1. The van der Waals surface area contributed by atoms with Crippen LogP contribution in [0.1, 0.15) is 38.8 Å². The summed E-state index contributed by atoms with van der Waals surface area (Å²) in [5.74, 6) is 1.48. The molecule has 2 aliphatic heterocycles. The molecule has 1 N–H and O–H groups in total. The van der Waals surface area contributed by atoms with Gasteiger partial charge in [0.1, 0.15) is 0 Å². The fourth-order valence-corrected chi connectivity index (χ4v) is 5.81. The van der Waals surface area contributed by atoms with E-state index in [9.17, 15) is 8.42 Å². The summed E-state index contributed by atoms with van der Waals surface area (Å²) in [7, 11) is -1.28. The van der Waals surface area contributed by atoms with Crippen molar-refractivity contribution in [3.63, 3.8) is 0 Å². The molecule has 1 saturated heterocycles. The lowest BCUT2D eigenvalue weighted by Crippen LogP contribution is -2.58. The first-order valence-electron chi connectivity index (χ1n) is 10.6. The van der Waals surface area contributed by atoms with Gasteiger partial charge in [-0.15, -0.1) is 24.0 Å². The maximum atomic E-state index is 12.3. The number of hydrogen-bond donors (Lipinski definition) is 1. The largest absolute Gasteiger partial charge is 0.355 e. The minimum absolute atomic E-state index is 0. The van der Waals surface area contributed by atoms with E-state index in [1.54, 1.807) is 7.05 Å². The molecule has 0 saturated carbocycles. The summed E-state index contributed by atoms with van der Waals surface area (Å²) in [6.07, 6.45) is 1.09. The van der Waals surface area contributed by atoms with Crippen molar-refractivity contribution in [2.75, 3.05) is 39.0 Å². The van der Waals surface area contributed by atoms with E-state index in [0.717, 1.165) is 32.0 Å². The van der Waals surface area contributed by atoms with Crippen LogP contribution in [0.5, 0.6) is 0 Å². The van der Waals surface area contributed by atoms with Crippen LogP contribution >= 0.6 is 24.0 Å². The molecule has 1 atom stereocenters. The second-order valence-corrected chi connectivity index (χ2v) is 12.0. The Hall–Kier alpha value is -0.870. The molecule has 1 aromatic rings. The Balaban J connectivity index is 0.00000320. The van der Waals surface area contributed by atoms with Gasteiger partial charge in [0, 0.05) is 45.8 Å². The molecule has 0 radical (unpaired) electrons. The van der Waals surface area contributed by atoms with Gasteiger partial charge >= 0.3 is 0 Å². The van der Waals surface area contributed by atoms with Crippen LogP contribution in [0, 0.1) is 5.92 Å². The zero-order valence-electron chi connectivity index (χ0n) is 18.9. The summed E-state index contributed by atoms with van der Waals surface area (Å²) in [4.78, 5) is 9.11. The first kappa shape index (κ1) is 25.4. The molecule has 0 bridgehead atoms. The van der Waals surface area contributed by atoms with Gasteiger partial charge in [0.15, 0.2) is 15.8 Å². The van der Waals surface area contributed by atoms with Crippen LogP contribution < -0.4 is 5.32 Å². The van der Waals surface area contributed by atoms with E-state index in [1.165, 1.54) is 11.1 Å². The van der Waals surface area contributed by atoms with Gasteiger partial charge in [0.05, 0.1) is 10.5 Å². The third kappa shape index (κ3) is 5.48. The zero-order chi connectivity index (χ0) is 21.2. The van der Waals surface area contributed by atoms with E-state index >= 15 is 0 Å². The van der Waals surface area contributed by atoms with E-state index in [2.05, 4.69) is 58.2 Å². The molecule has 0 aliphatic carbocycles. The second kappa shape index (κ2) is 10.2. The average Bonchev–Trinajstić information content (AvgIpc) is 2.67. The SMILES string of the molecule is CN=C(NCC(C(C)C)N1CCc2ccccc2C1)N1CCS(=O)(=O)C(C)(C)C1.I. The lowest BCUT2D eigenvalue weighted by molar-refractivity contribution is 0.139. The van der Waals surface area contributed by atoms with Gasteiger partial charge in [-0.25, -0.2) is 8.42 Å². The van der Waals surface area contributed by atoms with Crippen LogP contribution in [0.3, 0.4) is 0 Å². The summed E-state index contributed by atoms with van der Waals surface area (Å²) in [5.41, 5.74) is 2.89. The van der Waals surface area contributed by atoms with E-state index in [1.807, 2.05) is 13.8 Å². The molecule has 3 rings (SSSR count). The van der Waals surface area contributed by atoms with E-state index in [4.69, 9.17) is 0 Å². The monoisotopic (exact) mass is 548 g/mol. The number of halogens is 1. The Morgan fingerprint density at radius 3 is 2.47 bits per heavy atom. The molecule has 0 aromatic heterocycles. The highest BCUT2D eigenvalue weighted by molar-refractivity contribution is 14.0. The van der Waals surface area contributed by atoms with Crippen molar-refractivity contribution in [3.8, 4) is 0 Å². The lowest BCUT2D eigenvalue weighted by atomic mass is 9.95. The Morgan fingerprint density at radius 2 is 1.87 bits per heavy atom. The van der Waals surface area contributed by atoms with Crippen LogP contribution in [0.2, 0.25) is 0 Å². The first-order chi connectivity index (χ1) is 13.6. The number of hydrogen-bond acceptors (Lipinski definition) is 4. The van der Waals surface area contributed by atoms with Crippen molar-refractivity contribution in [1.29, 1.82) is 0 Å². The normalized spacial score (nSPS) is 22.2. The van der Waals surface area contributed by atoms with Gasteiger partial charge in [-0.05, 0) is 37.3 Å². The summed E-state index contributed by atoms with van der Waals surface area (Å²) < 4.78 is 23.9. The zero-order valence-corrected chi connectivity index (χ0v) is 22.0. The number of nitrogens with one attached hydrogen (secondary N) is 1. The van der Waals surface area contributed by atoms with Crippen LogP contribution in [0.25, 0.3) is 0 Å². The maximum absolute atomic E-state index is 12.3.